The van der Waals surface area contributed by atoms with Crippen LogP contribution in [0.15, 0.2) is 4.52 Å². The Morgan fingerprint density at radius 3 is 2.84 bits per heavy atom. The summed E-state index contributed by atoms with van der Waals surface area (Å²) in [6.07, 6.45) is 4.46. The third kappa shape index (κ3) is 2.91. The molecule has 0 aromatic carbocycles. The third-order valence-electron chi connectivity index (χ3n) is 5.54. The van der Waals surface area contributed by atoms with Gasteiger partial charge in [-0.05, 0) is 19.9 Å². The Morgan fingerprint density at radius 2 is 2.08 bits per heavy atom. The quantitative estimate of drug-likeness (QED) is 0.762. The van der Waals surface area contributed by atoms with E-state index in [1.165, 1.54) is 4.90 Å². The van der Waals surface area contributed by atoms with Crippen LogP contribution in [0.2, 0.25) is 0 Å². The van der Waals surface area contributed by atoms with E-state index in [1.807, 2.05) is 7.05 Å². The summed E-state index contributed by atoms with van der Waals surface area (Å²) in [6.45, 7) is 2.62. The molecule has 3 amide bonds. The molecule has 1 unspecified atom stereocenters. The van der Waals surface area contributed by atoms with Crippen LogP contribution >= 0.6 is 0 Å². The highest BCUT2D eigenvalue weighted by Gasteiger charge is 2.51. The highest BCUT2D eigenvalue weighted by atomic mass is 16.5. The molecule has 1 aliphatic carbocycles. The molecule has 3 heterocycles. The molecule has 1 aromatic rings. The number of nitrogens with zero attached hydrogens (tertiary/aromatic N) is 4. The first kappa shape index (κ1) is 16.5. The molecule has 2 N–H and O–H groups in total. The lowest BCUT2D eigenvalue weighted by atomic mass is 9.82. The van der Waals surface area contributed by atoms with Gasteiger partial charge in [0.25, 0.3) is 5.91 Å². The van der Waals surface area contributed by atoms with Gasteiger partial charge in [-0.15, -0.1) is 0 Å². The van der Waals surface area contributed by atoms with Crippen molar-refractivity contribution in [2.45, 2.75) is 50.2 Å². The van der Waals surface area contributed by atoms with E-state index in [9.17, 15) is 9.59 Å². The molecule has 9 nitrogen and oxygen atoms in total. The van der Waals surface area contributed by atoms with Gasteiger partial charge in [0, 0.05) is 19.6 Å². The second-order valence-electron chi connectivity index (χ2n) is 7.21. The lowest BCUT2D eigenvalue weighted by molar-refractivity contribution is -0.133. The normalized spacial score (nSPS) is 27.1. The number of nitrogens with one attached hydrogen (secondary N) is 2. The Hall–Kier alpha value is -2.00. The standard InChI is InChI=1S/C16H24N6O3/c1-21-8-7-17-9-11(21)13-18-12(25-20-13)10-22-14(23)16(19-15(22)24)5-3-2-4-6-16/h11,17H,2-10H2,1H3,(H,19,24). The van der Waals surface area contributed by atoms with Crippen LogP contribution in [-0.4, -0.2) is 64.1 Å². The molecule has 9 heteroatoms. The summed E-state index contributed by atoms with van der Waals surface area (Å²) in [5, 5.41) is 10.3. The molecule has 0 radical (unpaired) electrons. The predicted molar refractivity (Wildman–Crippen MR) is 87.4 cm³/mol. The number of hydrogen-bond donors (Lipinski definition) is 2. The van der Waals surface area contributed by atoms with Gasteiger partial charge in [0.15, 0.2) is 5.82 Å². The highest BCUT2D eigenvalue weighted by molar-refractivity contribution is 6.06. The zero-order chi connectivity index (χ0) is 17.4. The number of urea groups is 1. The van der Waals surface area contributed by atoms with E-state index in [4.69, 9.17) is 4.52 Å². The van der Waals surface area contributed by atoms with Gasteiger partial charge >= 0.3 is 6.03 Å². The van der Waals surface area contributed by atoms with Crippen molar-refractivity contribution in [1.29, 1.82) is 0 Å². The molecule has 1 atom stereocenters. The van der Waals surface area contributed by atoms with Crippen molar-refractivity contribution in [3.63, 3.8) is 0 Å². The number of carbonyl (C=O) groups is 2. The average molecular weight is 348 g/mol. The van der Waals surface area contributed by atoms with Crippen LogP contribution in [-0.2, 0) is 11.3 Å². The summed E-state index contributed by atoms with van der Waals surface area (Å²) >= 11 is 0. The van der Waals surface area contributed by atoms with Crippen LogP contribution < -0.4 is 10.6 Å². The lowest BCUT2D eigenvalue weighted by Crippen LogP contribution is -2.48. The van der Waals surface area contributed by atoms with Crippen LogP contribution in [0.3, 0.4) is 0 Å². The van der Waals surface area contributed by atoms with Gasteiger partial charge in [0.2, 0.25) is 5.89 Å². The van der Waals surface area contributed by atoms with E-state index in [2.05, 4.69) is 25.7 Å². The largest absolute Gasteiger partial charge is 0.337 e. The van der Waals surface area contributed by atoms with Gasteiger partial charge in [0.1, 0.15) is 12.1 Å². The minimum atomic E-state index is -0.717. The summed E-state index contributed by atoms with van der Waals surface area (Å²) in [7, 11) is 2.02. The molecule has 4 rings (SSSR count). The minimum absolute atomic E-state index is 0.0310. The van der Waals surface area contributed by atoms with Crippen LogP contribution in [0, 0.1) is 0 Å². The first-order valence-corrected chi connectivity index (χ1v) is 8.97. The van der Waals surface area contributed by atoms with E-state index < -0.39 is 5.54 Å². The maximum absolute atomic E-state index is 12.8. The molecule has 1 aromatic heterocycles. The first-order valence-electron chi connectivity index (χ1n) is 8.97. The summed E-state index contributed by atoms with van der Waals surface area (Å²) in [5.41, 5.74) is -0.717. The van der Waals surface area contributed by atoms with Crippen molar-refractivity contribution in [1.82, 2.24) is 30.6 Å². The number of amides is 3. The van der Waals surface area contributed by atoms with Crippen molar-refractivity contribution in [3.05, 3.63) is 11.7 Å². The molecule has 1 saturated carbocycles. The van der Waals surface area contributed by atoms with E-state index in [0.29, 0.717) is 24.6 Å². The molecule has 25 heavy (non-hydrogen) atoms. The topological polar surface area (TPSA) is 104 Å². The molecule has 3 fully saturated rings. The minimum Gasteiger partial charge on any atom is -0.337 e. The zero-order valence-electron chi connectivity index (χ0n) is 14.5. The van der Waals surface area contributed by atoms with Gasteiger partial charge in [-0.2, -0.15) is 4.98 Å². The van der Waals surface area contributed by atoms with Crippen LogP contribution in [0.4, 0.5) is 4.79 Å². The Labute approximate surface area is 146 Å². The van der Waals surface area contributed by atoms with Crippen molar-refractivity contribution < 1.29 is 14.1 Å². The molecular formula is C16H24N6O3. The summed E-state index contributed by atoms with van der Waals surface area (Å²) in [6, 6.07) is -0.317. The van der Waals surface area contributed by atoms with E-state index in [1.54, 1.807) is 0 Å². The molecule has 136 valence electrons. The smallest absolute Gasteiger partial charge is 0.325 e. The van der Waals surface area contributed by atoms with Crippen molar-refractivity contribution in [2.24, 2.45) is 0 Å². The van der Waals surface area contributed by atoms with E-state index >= 15 is 0 Å². The average Bonchev–Trinajstić information content (AvgIpc) is 3.16. The zero-order valence-corrected chi connectivity index (χ0v) is 14.5. The van der Waals surface area contributed by atoms with Gasteiger partial charge in [-0.25, -0.2) is 4.79 Å². The number of carbonyl (C=O) groups excluding carboxylic acids is 2. The fraction of sp³-hybridized carbons (Fsp3) is 0.750. The van der Waals surface area contributed by atoms with Crippen LogP contribution in [0.5, 0.6) is 0 Å². The van der Waals surface area contributed by atoms with Crippen molar-refractivity contribution in [2.75, 3.05) is 26.7 Å². The molecular weight excluding hydrogens is 324 g/mol. The molecule has 3 aliphatic rings. The van der Waals surface area contributed by atoms with Crippen LogP contribution in [0.1, 0.15) is 49.9 Å². The monoisotopic (exact) mass is 348 g/mol. The Bertz CT molecular complexity index is 669. The third-order valence-corrected chi connectivity index (χ3v) is 5.54. The molecule has 2 aliphatic heterocycles. The number of aromatic nitrogens is 2. The lowest BCUT2D eigenvalue weighted by Gasteiger charge is -2.30. The second kappa shape index (κ2) is 6.38. The number of hydrogen-bond acceptors (Lipinski definition) is 7. The Morgan fingerprint density at radius 1 is 1.28 bits per heavy atom. The number of likely N-dealkylation sites (N-methyl/N-ethyl adjacent to an activating group) is 1. The van der Waals surface area contributed by atoms with Crippen molar-refractivity contribution >= 4 is 11.9 Å². The maximum atomic E-state index is 12.8. The second-order valence-corrected chi connectivity index (χ2v) is 7.21. The molecule has 0 bridgehead atoms. The Kier molecular flexibility index (Phi) is 4.20. The van der Waals surface area contributed by atoms with E-state index in [-0.39, 0.29) is 24.5 Å². The molecule has 2 saturated heterocycles. The van der Waals surface area contributed by atoms with Gasteiger partial charge in [0.05, 0.1) is 6.04 Å². The van der Waals surface area contributed by atoms with E-state index in [0.717, 1.165) is 38.9 Å². The fourth-order valence-corrected chi connectivity index (χ4v) is 4.01. The maximum Gasteiger partial charge on any atom is 0.325 e. The highest BCUT2D eigenvalue weighted by Crippen LogP contribution is 2.34. The van der Waals surface area contributed by atoms with Crippen molar-refractivity contribution in [3.8, 4) is 0 Å². The Balaban J connectivity index is 1.47. The number of imide groups is 1. The number of rotatable bonds is 3. The SMILES string of the molecule is CN1CCNCC1c1noc(CN2C(=O)NC3(CCCCC3)C2=O)n1. The summed E-state index contributed by atoms with van der Waals surface area (Å²) in [4.78, 5) is 32.9. The molecule has 1 spiro atoms. The van der Waals surface area contributed by atoms with Crippen LogP contribution in [0.25, 0.3) is 0 Å². The summed E-state index contributed by atoms with van der Waals surface area (Å²) in [5.74, 6) is 0.725. The van der Waals surface area contributed by atoms with Gasteiger partial charge in [-0.1, -0.05) is 24.4 Å². The first-order chi connectivity index (χ1) is 12.1. The van der Waals surface area contributed by atoms with Gasteiger partial charge in [-0.3, -0.25) is 14.6 Å². The fourth-order valence-electron chi connectivity index (χ4n) is 4.01. The number of piperazine rings is 1. The summed E-state index contributed by atoms with van der Waals surface area (Å²) < 4.78 is 5.31. The van der Waals surface area contributed by atoms with Gasteiger partial charge < -0.3 is 15.2 Å². The predicted octanol–water partition coefficient (Wildman–Crippen LogP) is 0.400.